The minimum atomic E-state index is -3.63. The zero-order chi connectivity index (χ0) is 20.6. The molecule has 3 aromatic rings. The van der Waals surface area contributed by atoms with E-state index in [4.69, 9.17) is 5.11 Å². The van der Waals surface area contributed by atoms with E-state index in [-0.39, 0.29) is 18.0 Å². The lowest BCUT2D eigenvalue weighted by Gasteiger charge is -2.29. The average molecular weight is 413 g/mol. The predicted octanol–water partition coefficient (Wildman–Crippen LogP) is 3.48. The summed E-state index contributed by atoms with van der Waals surface area (Å²) in [6, 6.07) is 15.5. The summed E-state index contributed by atoms with van der Waals surface area (Å²) in [6.45, 7) is 3.27. The monoisotopic (exact) mass is 412 g/mol. The molecule has 152 valence electrons. The van der Waals surface area contributed by atoms with Gasteiger partial charge in [-0.2, -0.15) is 4.31 Å². The van der Waals surface area contributed by atoms with Crippen molar-refractivity contribution >= 4 is 26.9 Å². The first-order chi connectivity index (χ1) is 13.8. The van der Waals surface area contributed by atoms with Gasteiger partial charge in [-0.25, -0.2) is 8.42 Å². The summed E-state index contributed by atoms with van der Waals surface area (Å²) in [6.07, 6.45) is 2.68. The molecule has 0 spiro atoms. The van der Waals surface area contributed by atoms with Crippen LogP contribution in [0.5, 0.6) is 0 Å². The van der Waals surface area contributed by atoms with Gasteiger partial charge in [0, 0.05) is 36.7 Å². The molecule has 1 fully saturated rings. The van der Waals surface area contributed by atoms with E-state index < -0.39 is 21.9 Å². The van der Waals surface area contributed by atoms with Crippen molar-refractivity contribution in [1.29, 1.82) is 0 Å². The van der Waals surface area contributed by atoms with E-state index in [1.807, 2.05) is 24.4 Å². The second-order valence-electron chi connectivity index (χ2n) is 7.67. The third-order valence-electron chi connectivity index (χ3n) is 5.62. The number of rotatable bonds is 5. The normalized spacial score (nSPS) is 16.3. The summed E-state index contributed by atoms with van der Waals surface area (Å²) < 4.78 is 29.5. The fourth-order valence-electron chi connectivity index (χ4n) is 3.98. The van der Waals surface area contributed by atoms with Gasteiger partial charge in [0.05, 0.1) is 10.8 Å². The molecule has 1 aromatic heterocycles. The molecule has 0 radical (unpaired) electrons. The number of piperidine rings is 1. The van der Waals surface area contributed by atoms with Crippen LogP contribution in [0.15, 0.2) is 59.6 Å². The maximum absolute atomic E-state index is 13.0. The Morgan fingerprint density at radius 3 is 2.55 bits per heavy atom. The van der Waals surface area contributed by atoms with Gasteiger partial charge in [-0.3, -0.25) is 4.79 Å². The smallest absolute Gasteiger partial charge is 0.306 e. The molecule has 2 heterocycles. The van der Waals surface area contributed by atoms with Crippen LogP contribution < -0.4 is 0 Å². The molecular formula is C22H24N2O4S. The Morgan fingerprint density at radius 1 is 1.10 bits per heavy atom. The molecule has 4 rings (SSSR count). The van der Waals surface area contributed by atoms with Gasteiger partial charge < -0.3 is 9.67 Å². The molecule has 0 aliphatic carbocycles. The number of carboxylic acid groups (broad SMARTS) is 1. The van der Waals surface area contributed by atoms with Crippen LogP contribution in [0.2, 0.25) is 0 Å². The highest BCUT2D eigenvalue weighted by Gasteiger charge is 2.32. The van der Waals surface area contributed by atoms with Gasteiger partial charge in [0.2, 0.25) is 10.0 Å². The molecule has 29 heavy (non-hydrogen) atoms. The van der Waals surface area contributed by atoms with Crippen molar-refractivity contribution in [2.75, 3.05) is 13.1 Å². The Hall–Kier alpha value is -2.64. The molecule has 0 unspecified atom stereocenters. The highest BCUT2D eigenvalue weighted by atomic mass is 32.2. The number of carboxylic acids is 1. The average Bonchev–Trinajstić information content (AvgIpc) is 3.10. The second kappa shape index (κ2) is 7.65. The first-order valence-corrected chi connectivity index (χ1v) is 11.2. The molecule has 0 atom stereocenters. The molecule has 1 N–H and O–H groups in total. The molecule has 0 bridgehead atoms. The van der Waals surface area contributed by atoms with E-state index in [2.05, 4.69) is 29.7 Å². The molecule has 6 nitrogen and oxygen atoms in total. The number of aliphatic carboxylic acids is 1. The highest BCUT2D eigenvalue weighted by Crippen LogP contribution is 2.27. The minimum Gasteiger partial charge on any atom is -0.481 e. The second-order valence-corrected chi connectivity index (χ2v) is 9.61. The Balaban J connectivity index is 1.57. The van der Waals surface area contributed by atoms with Crippen molar-refractivity contribution < 1.29 is 18.3 Å². The largest absolute Gasteiger partial charge is 0.481 e. The lowest BCUT2D eigenvalue weighted by molar-refractivity contribution is -0.142. The molecule has 7 heteroatoms. The fourth-order valence-corrected chi connectivity index (χ4v) is 5.48. The van der Waals surface area contributed by atoms with E-state index >= 15 is 0 Å². The number of hydrogen-bond acceptors (Lipinski definition) is 3. The van der Waals surface area contributed by atoms with Gasteiger partial charge in [-0.15, -0.1) is 0 Å². The molecular weight excluding hydrogens is 388 g/mol. The van der Waals surface area contributed by atoms with Crippen LogP contribution in [0.25, 0.3) is 10.9 Å². The number of hydrogen-bond donors (Lipinski definition) is 1. The maximum atomic E-state index is 13.0. The van der Waals surface area contributed by atoms with Crippen molar-refractivity contribution in [3.05, 3.63) is 65.9 Å². The van der Waals surface area contributed by atoms with Crippen molar-refractivity contribution in [1.82, 2.24) is 8.87 Å². The zero-order valence-electron chi connectivity index (χ0n) is 16.3. The molecule has 1 aliphatic rings. The zero-order valence-corrected chi connectivity index (χ0v) is 17.1. The summed E-state index contributed by atoms with van der Waals surface area (Å²) in [5.41, 5.74) is 3.38. The van der Waals surface area contributed by atoms with Gasteiger partial charge in [0.15, 0.2) is 0 Å². The summed E-state index contributed by atoms with van der Waals surface area (Å²) in [5.74, 6) is -1.31. The van der Waals surface area contributed by atoms with Gasteiger partial charge in [-0.05, 0) is 49.6 Å². The van der Waals surface area contributed by atoms with Crippen molar-refractivity contribution in [2.24, 2.45) is 5.92 Å². The SMILES string of the molecule is Cc1cccc(Cn2ccc3cc(S(=O)(=O)N4CCC(C(=O)O)CC4)ccc32)c1. The number of aryl methyl sites for hydroxylation is 1. The van der Waals surface area contributed by atoms with Gasteiger partial charge in [-0.1, -0.05) is 29.8 Å². The first kappa shape index (κ1) is 19.7. The molecule has 0 saturated carbocycles. The third kappa shape index (κ3) is 3.93. The molecule has 2 aromatic carbocycles. The number of fused-ring (bicyclic) bond motifs is 1. The Morgan fingerprint density at radius 2 is 1.86 bits per heavy atom. The van der Waals surface area contributed by atoms with E-state index in [1.54, 1.807) is 12.1 Å². The fraction of sp³-hybridized carbons (Fsp3) is 0.318. The van der Waals surface area contributed by atoms with E-state index in [0.29, 0.717) is 12.8 Å². The Labute approximate surface area is 170 Å². The summed E-state index contributed by atoms with van der Waals surface area (Å²) >= 11 is 0. The number of benzene rings is 2. The van der Waals surface area contributed by atoms with Gasteiger partial charge in [0.1, 0.15) is 0 Å². The van der Waals surface area contributed by atoms with Crippen molar-refractivity contribution in [3.8, 4) is 0 Å². The quantitative estimate of drug-likeness (QED) is 0.696. The van der Waals surface area contributed by atoms with Gasteiger partial charge >= 0.3 is 5.97 Å². The highest BCUT2D eigenvalue weighted by molar-refractivity contribution is 7.89. The van der Waals surface area contributed by atoms with E-state index in [9.17, 15) is 13.2 Å². The van der Waals surface area contributed by atoms with Crippen LogP contribution in [-0.2, 0) is 21.4 Å². The number of aromatic nitrogens is 1. The number of sulfonamides is 1. The predicted molar refractivity (Wildman–Crippen MR) is 111 cm³/mol. The van der Waals surface area contributed by atoms with E-state index in [1.165, 1.54) is 15.4 Å². The van der Waals surface area contributed by atoms with Crippen molar-refractivity contribution in [2.45, 2.75) is 31.2 Å². The minimum absolute atomic E-state index is 0.242. The molecule has 1 saturated heterocycles. The topological polar surface area (TPSA) is 79.6 Å². The summed E-state index contributed by atoms with van der Waals surface area (Å²) in [7, 11) is -3.63. The molecule has 1 aliphatic heterocycles. The third-order valence-corrected chi connectivity index (χ3v) is 7.51. The lowest BCUT2D eigenvalue weighted by Crippen LogP contribution is -2.40. The van der Waals surface area contributed by atoms with Crippen LogP contribution in [0.3, 0.4) is 0 Å². The van der Waals surface area contributed by atoms with Crippen molar-refractivity contribution in [3.63, 3.8) is 0 Å². The van der Waals surface area contributed by atoms with Crippen LogP contribution >= 0.6 is 0 Å². The summed E-state index contributed by atoms with van der Waals surface area (Å²) in [5, 5.41) is 9.99. The standard InChI is InChI=1S/C22H24N2O4S/c1-16-3-2-4-17(13-16)15-23-10-7-19-14-20(5-6-21(19)23)29(27,28)24-11-8-18(9-12-24)22(25)26/h2-7,10,13-14,18H,8-9,11-12,15H2,1H3,(H,25,26). The van der Waals surface area contributed by atoms with Crippen LogP contribution in [0.4, 0.5) is 0 Å². The molecule has 0 amide bonds. The Kier molecular flexibility index (Phi) is 5.19. The van der Waals surface area contributed by atoms with Crippen LogP contribution in [0, 0.1) is 12.8 Å². The lowest BCUT2D eigenvalue weighted by atomic mass is 9.99. The van der Waals surface area contributed by atoms with Crippen LogP contribution in [0.1, 0.15) is 24.0 Å². The first-order valence-electron chi connectivity index (χ1n) is 9.72. The maximum Gasteiger partial charge on any atom is 0.306 e. The van der Waals surface area contributed by atoms with Crippen LogP contribution in [-0.4, -0.2) is 41.5 Å². The van der Waals surface area contributed by atoms with Gasteiger partial charge in [0.25, 0.3) is 0 Å². The Bertz CT molecular complexity index is 1160. The summed E-state index contributed by atoms with van der Waals surface area (Å²) in [4.78, 5) is 11.4. The van der Waals surface area contributed by atoms with E-state index in [0.717, 1.165) is 17.4 Å². The number of nitrogens with zero attached hydrogens (tertiary/aromatic N) is 2. The number of carbonyl (C=O) groups is 1.